The average molecular weight is 483 g/mol. The number of aryl methyl sites for hydroxylation is 1. The molecule has 1 heterocycles. The molecule has 0 spiro atoms. The monoisotopic (exact) mass is 482 g/mol. The van der Waals surface area contributed by atoms with Gasteiger partial charge in [0.05, 0.1) is 12.8 Å². The Morgan fingerprint density at radius 2 is 1.85 bits per heavy atom. The first kappa shape index (κ1) is 25.0. The highest BCUT2D eigenvalue weighted by Gasteiger charge is 2.11. The van der Waals surface area contributed by atoms with Gasteiger partial charge in [-0.2, -0.15) is 0 Å². The molecule has 0 saturated heterocycles. The summed E-state index contributed by atoms with van der Waals surface area (Å²) in [4.78, 5) is 28.6. The molecule has 3 rings (SSSR count). The predicted molar refractivity (Wildman–Crippen MR) is 132 cm³/mol. The van der Waals surface area contributed by atoms with Gasteiger partial charge < -0.3 is 25.8 Å². The van der Waals surface area contributed by atoms with Crippen molar-refractivity contribution < 1.29 is 19.1 Å². The zero-order chi connectivity index (χ0) is 24.5. The minimum atomic E-state index is -0.371. The molecule has 0 radical (unpaired) electrons. The maximum absolute atomic E-state index is 12.3. The maximum atomic E-state index is 12.3. The summed E-state index contributed by atoms with van der Waals surface area (Å²) in [7, 11) is 1.51. The van der Waals surface area contributed by atoms with Crippen LogP contribution in [0.2, 0.25) is 5.02 Å². The lowest BCUT2D eigenvalue weighted by molar-refractivity contribution is 0.0975. The van der Waals surface area contributed by atoms with E-state index in [1.165, 1.54) is 7.11 Å². The van der Waals surface area contributed by atoms with Gasteiger partial charge in [-0.05, 0) is 55.3 Å². The molecule has 178 valence electrons. The van der Waals surface area contributed by atoms with Crippen LogP contribution in [0.25, 0.3) is 0 Å². The number of carbonyl (C=O) groups excluding carboxylic acids is 2. The number of ether oxygens (including phenoxy) is 2. The Labute approximate surface area is 203 Å². The maximum Gasteiger partial charge on any atom is 0.319 e. The average Bonchev–Trinajstić information content (AvgIpc) is 2.84. The number of ketones is 1. The highest BCUT2D eigenvalue weighted by atomic mass is 35.5. The van der Waals surface area contributed by atoms with Crippen molar-refractivity contribution in [3.8, 4) is 17.2 Å². The Kier molecular flexibility index (Phi) is 8.84. The summed E-state index contributed by atoms with van der Waals surface area (Å²) >= 11 is 6.11. The van der Waals surface area contributed by atoms with E-state index in [0.717, 1.165) is 11.1 Å². The number of aromatic nitrogens is 1. The molecule has 0 bridgehead atoms. The number of halogens is 1. The van der Waals surface area contributed by atoms with Crippen molar-refractivity contribution in [3.05, 3.63) is 76.6 Å². The number of nitrogens with two attached hydrogens (primary N) is 1. The molecule has 0 aliphatic rings. The van der Waals surface area contributed by atoms with E-state index in [1.807, 2.05) is 19.1 Å². The van der Waals surface area contributed by atoms with E-state index in [1.54, 1.807) is 42.6 Å². The van der Waals surface area contributed by atoms with Gasteiger partial charge in [0.1, 0.15) is 22.9 Å². The summed E-state index contributed by atoms with van der Waals surface area (Å²) in [5, 5.41) is 6.14. The normalized spacial score (nSPS) is 10.5. The molecule has 2 amide bonds. The zero-order valence-corrected chi connectivity index (χ0v) is 19.8. The smallest absolute Gasteiger partial charge is 0.319 e. The standard InChI is InChI=1S/C25H27ClN4O4/c1-16-12-22(24(33-2)14-20(16)26)30-25(32)29-15-17-5-7-18(8-6-17)34-19-9-11-28-21(13-19)23(31)4-3-10-27/h5-9,11-14H,3-4,10,15,27H2,1-2H3,(H2,29,30,32). The molecule has 9 heteroatoms. The number of urea groups is 1. The van der Waals surface area contributed by atoms with Crippen LogP contribution in [0, 0.1) is 6.92 Å². The van der Waals surface area contributed by atoms with Gasteiger partial charge in [0.25, 0.3) is 0 Å². The Morgan fingerprint density at radius 3 is 2.56 bits per heavy atom. The first-order chi connectivity index (χ1) is 16.4. The molecule has 1 aromatic heterocycles. The molecule has 2 aromatic carbocycles. The van der Waals surface area contributed by atoms with Crippen molar-refractivity contribution in [2.75, 3.05) is 19.0 Å². The van der Waals surface area contributed by atoms with Crippen molar-refractivity contribution >= 4 is 29.1 Å². The van der Waals surface area contributed by atoms with Crippen LogP contribution in [0.4, 0.5) is 10.5 Å². The number of carbonyl (C=O) groups is 2. The minimum absolute atomic E-state index is 0.0676. The number of benzene rings is 2. The number of rotatable bonds is 10. The zero-order valence-electron chi connectivity index (χ0n) is 19.1. The fourth-order valence-electron chi connectivity index (χ4n) is 3.11. The fraction of sp³-hybridized carbons (Fsp3) is 0.240. The van der Waals surface area contributed by atoms with E-state index in [-0.39, 0.29) is 11.8 Å². The van der Waals surface area contributed by atoms with Gasteiger partial charge in [-0.1, -0.05) is 23.7 Å². The number of amides is 2. The lowest BCUT2D eigenvalue weighted by Gasteiger charge is -2.13. The number of hydrogen-bond donors (Lipinski definition) is 3. The number of Topliss-reactive ketones (excluding diaryl/α,β-unsaturated/α-hetero) is 1. The van der Waals surface area contributed by atoms with Crippen molar-refractivity contribution in [2.45, 2.75) is 26.3 Å². The minimum Gasteiger partial charge on any atom is -0.495 e. The molecule has 4 N–H and O–H groups in total. The highest BCUT2D eigenvalue weighted by Crippen LogP contribution is 2.31. The lowest BCUT2D eigenvalue weighted by Crippen LogP contribution is -2.28. The third-order valence-corrected chi connectivity index (χ3v) is 5.37. The van der Waals surface area contributed by atoms with E-state index >= 15 is 0 Å². The van der Waals surface area contributed by atoms with Gasteiger partial charge in [0.2, 0.25) is 0 Å². The van der Waals surface area contributed by atoms with Crippen LogP contribution in [-0.2, 0) is 6.54 Å². The summed E-state index contributed by atoms with van der Waals surface area (Å²) in [6.45, 7) is 2.62. The van der Waals surface area contributed by atoms with Crippen LogP contribution < -0.4 is 25.8 Å². The van der Waals surface area contributed by atoms with Gasteiger partial charge in [0, 0.05) is 36.3 Å². The Hall–Kier alpha value is -3.62. The van der Waals surface area contributed by atoms with Crippen LogP contribution in [0.15, 0.2) is 54.7 Å². The molecular weight excluding hydrogens is 456 g/mol. The van der Waals surface area contributed by atoms with E-state index in [2.05, 4.69) is 15.6 Å². The molecule has 0 unspecified atom stereocenters. The largest absolute Gasteiger partial charge is 0.495 e. The first-order valence-corrected chi connectivity index (χ1v) is 11.1. The second kappa shape index (κ2) is 12.0. The molecule has 0 aliphatic carbocycles. The number of nitrogens with one attached hydrogen (secondary N) is 2. The van der Waals surface area contributed by atoms with Gasteiger partial charge in [0.15, 0.2) is 5.78 Å². The Morgan fingerprint density at radius 1 is 1.09 bits per heavy atom. The second-order valence-corrected chi connectivity index (χ2v) is 7.95. The summed E-state index contributed by atoms with van der Waals surface area (Å²) in [5.41, 5.74) is 8.06. The van der Waals surface area contributed by atoms with Gasteiger partial charge in [-0.3, -0.25) is 9.78 Å². The van der Waals surface area contributed by atoms with E-state index in [4.69, 9.17) is 26.8 Å². The SMILES string of the molecule is COc1cc(Cl)c(C)cc1NC(=O)NCc1ccc(Oc2ccnc(C(=O)CCCN)c2)cc1. The highest BCUT2D eigenvalue weighted by molar-refractivity contribution is 6.31. The number of nitrogens with zero attached hydrogens (tertiary/aromatic N) is 1. The van der Waals surface area contributed by atoms with Gasteiger partial charge >= 0.3 is 6.03 Å². The van der Waals surface area contributed by atoms with Crippen LogP contribution >= 0.6 is 11.6 Å². The lowest BCUT2D eigenvalue weighted by atomic mass is 10.1. The van der Waals surface area contributed by atoms with Gasteiger partial charge in [-0.25, -0.2) is 4.79 Å². The van der Waals surface area contributed by atoms with E-state index < -0.39 is 0 Å². The summed E-state index contributed by atoms with van der Waals surface area (Å²) in [6.07, 6.45) is 2.51. The van der Waals surface area contributed by atoms with Crippen molar-refractivity contribution in [1.82, 2.24) is 10.3 Å². The van der Waals surface area contributed by atoms with Crippen LogP contribution in [0.3, 0.4) is 0 Å². The van der Waals surface area contributed by atoms with E-state index in [9.17, 15) is 9.59 Å². The molecule has 3 aromatic rings. The van der Waals surface area contributed by atoms with Crippen molar-refractivity contribution in [2.24, 2.45) is 5.73 Å². The molecular formula is C25H27ClN4O4. The van der Waals surface area contributed by atoms with Crippen molar-refractivity contribution in [3.63, 3.8) is 0 Å². The number of hydrogen-bond acceptors (Lipinski definition) is 6. The third-order valence-electron chi connectivity index (χ3n) is 4.97. The number of pyridine rings is 1. The molecule has 0 aliphatic heterocycles. The Balaban J connectivity index is 1.55. The van der Waals surface area contributed by atoms with E-state index in [0.29, 0.717) is 59.6 Å². The summed E-state index contributed by atoms with van der Waals surface area (Å²) < 4.78 is 11.1. The third kappa shape index (κ3) is 6.94. The molecule has 0 fully saturated rings. The summed E-state index contributed by atoms with van der Waals surface area (Å²) in [6, 6.07) is 13.6. The quantitative estimate of drug-likeness (QED) is 0.347. The van der Waals surface area contributed by atoms with Crippen LogP contribution in [0.5, 0.6) is 17.2 Å². The fourth-order valence-corrected chi connectivity index (χ4v) is 3.26. The number of anilines is 1. The van der Waals surface area contributed by atoms with Crippen molar-refractivity contribution in [1.29, 1.82) is 0 Å². The molecule has 34 heavy (non-hydrogen) atoms. The number of methoxy groups -OCH3 is 1. The predicted octanol–water partition coefficient (Wildman–Crippen LogP) is 5.09. The Bertz CT molecular complexity index is 1150. The molecule has 8 nitrogen and oxygen atoms in total. The molecule has 0 atom stereocenters. The summed E-state index contributed by atoms with van der Waals surface area (Å²) in [5.74, 6) is 1.53. The van der Waals surface area contributed by atoms with Crippen LogP contribution in [0.1, 0.15) is 34.5 Å². The molecule has 0 saturated carbocycles. The second-order valence-electron chi connectivity index (χ2n) is 7.55. The van der Waals surface area contributed by atoms with Gasteiger partial charge in [-0.15, -0.1) is 0 Å². The van der Waals surface area contributed by atoms with Crippen LogP contribution in [-0.4, -0.2) is 30.5 Å². The first-order valence-electron chi connectivity index (χ1n) is 10.7. The topological polar surface area (TPSA) is 116 Å².